The van der Waals surface area contributed by atoms with Gasteiger partial charge in [-0.1, -0.05) is 0 Å². The first-order valence-corrected chi connectivity index (χ1v) is 11.9. The predicted octanol–water partition coefficient (Wildman–Crippen LogP) is 1.19. The third kappa shape index (κ3) is 10.3. The van der Waals surface area contributed by atoms with E-state index in [1.54, 1.807) is 50.2 Å². The SMILES string of the molecule is CCOC(=O)COc1ccc(/C=N\NC(=O)C(=O)N/N=C/c2ccc(OCC(=O)OCC)c(OC)c2)cc1OC. The highest BCUT2D eigenvalue weighted by Gasteiger charge is 2.13. The largest absolute Gasteiger partial charge is 0.493 e. The molecule has 2 N–H and O–H groups in total. The summed E-state index contributed by atoms with van der Waals surface area (Å²) in [5.41, 5.74) is 5.19. The fourth-order valence-electron chi connectivity index (χ4n) is 2.88. The van der Waals surface area contributed by atoms with Gasteiger partial charge in [-0.25, -0.2) is 20.4 Å². The summed E-state index contributed by atoms with van der Waals surface area (Å²) in [4.78, 5) is 46.9. The Kier molecular flexibility index (Phi) is 12.9. The molecule has 0 radical (unpaired) electrons. The summed E-state index contributed by atoms with van der Waals surface area (Å²) in [7, 11) is 2.84. The molecular weight excluding hydrogens is 528 g/mol. The van der Waals surface area contributed by atoms with Crippen LogP contribution in [0.1, 0.15) is 25.0 Å². The first-order valence-electron chi connectivity index (χ1n) is 11.9. The minimum Gasteiger partial charge on any atom is -0.493 e. The molecular formula is C26H30N4O10. The molecule has 2 aromatic carbocycles. The smallest absolute Gasteiger partial charge is 0.344 e. The molecule has 2 amide bonds. The van der Waals surface area contributed by atoms with Crippen molar-refractivity contribution in [1.82, 2.24) is 10.9 Å². The van der Waals surface area contributed by atoms with E-state index in [-0.39, 0.29) is 26.4 Å². The molecule has 0 spiro atoms. The van der Waals surface area contributed by atoms with Crippen LogP contribution in [0.5, 0.6) is 23.0 Å². The van der Waals surface area contributed by atoms with Gasteiger partial charge in [-0.2, -0.15) is 10.2 Å². The summed E-state index contributed by atoms with van der Waals surface area (Å²) >= 11 is 0. The summed E-state index contributed by atoms with van der Waals surface area (Å²) in [5.74, 6) is -1.89. The van der Waals surface area contributed by atoms with Gasteiger partial charge in [0.05, 0.1) is 39.9 Å². The lowest BCUT2D eigenvalue weighted by atomic mass is 10.2. The predicted molar refractivity (Wildman–Crippen MR) is 142 cm³/mol. The number of amides is 2. The molecule has 214 valence electrons. The monoisotopic (exact) mass is 558 g/mol. The molecule has 0 heterocycles. The fraction of sp³-hybridized carbons (Fsp3) is 0.308. The van der Waals surface area contributed by atoms with Gasteiger partial charge in [0.15, 0.2) is 36.2 Å². The lowest BCUT2D eigenvalue weighted by Crippen LogP contribution is -2.35. The summed E-state index contributed by atoms with van der Waals surface area (Å²) in [6.07, 6.45) is 2.56. The van der Waals surface area contributed by atoms with E-state index in [0.717, 1.165) is 0 Å². The van der Waals surface area contributed by atoms with Gasteiger partial charge in [0.2, 0.25) is 0 Å². The quantitative estimate of drug-likeness (QED) is 0.148. The number of esters is 2. The third-order valence-electron chi connectivity index (χ3n) is 4.64. The topological polar surface area (TPSA) is 172 Å². The molecule has 0 aliphatic heterocycles. The number of hydrazone groups is 2. The molecule has 0 unspecified atom stereocenters. The van der Waals surface area contributed by atoms with E-state index in [4.69, 9.17) is 28.4 Å². The van der Waals surface area contributed by atoms with E-state index in [0.29, 0.717) is 34.1 Å². The van der Waals surface area contributed by atoms with Crippen LogP contribution in [-0.2, 0) is 28.7 Å². The van der Waals surface area contributed by atoms with Crippen molar-refractivity contribution in [2.45, 2.75) is 13.8 Å². The average Bonchev–Trinajstić information content (AvgIpc) is 2.95. The Hall–Kier alpha value is -5.14. The lowest BCUT2D eigenvalue weighted by molar-refractivity contribution is -0.146. The zero-order chi connectivity index (χ0) is 29.3. The first-order chi connectivity index (χ1) is 19.3. The van der Waals surface area contributed by atoms with Crippen molar-refractivity contribution in [2.24, 2.45) is 10.2 Å². The average molecular weight is 559 g/mol. The van der Waals surface area contributed by atoms with Gasteiger partial charge < -0.3 is 28.4 Å². The zero-order valence-electron chi connectivity index (χ0n) is 22.4. The molecule has 0 aliphatic carbocycles. The molecule has 2 rings (SSSR count). The van der Waals surface area contributed by atoms with E-state index in [1.807, 2.05) is 0 Å². The Bertz CT molecular complexity index is 1150. The number of hydrogen-bond donors (Lipinski definition) is 2. The number of ether oxygens (including phenoxy) is 6. The normalized spacial score (nSPS) is 10.6. The van der Waals surface area contributed by atoms with Gasteiger partial charge in [-0.05, 0) is 61.4 Å². The van der Waals surface area contributed by atoms with Crippen molar-refractivity contribution in [3.8, 4) is 23.0 Å². The first kappa shape index (κ1) is 31.1. The maximum absolute atomic E-state index is 12.0. The number of benzene rings is 2. The summed E-state index contributed by atoms with van der Waals surface area (Å²) in [6, 6.07) is 9.42. The minimum absolute atomic E-state index is 0.241. The number of carbonyl (C=O) groups is 4. The Morgan fingerprint density at radius 2 is 1.07 bits per heavy atom. The Balaban J connectivity index is 1.88. The number of rotatable bonds is 14. The van der Waals surface area contributed by atoms with Gasteiger partial charge >= 0.3 is 23.8 Å². The molecule has 14 nitrogen and oxygen atoms in total. The van der Waals surface area contributed by atoms with Crippen molar-refractivity contribution < 1.29 is 47.6 Å². The molecule has 0 aliphatic rings. The van der Waals surface area contributed by atoms with Crippen LogP contribution in [0.3, 0.4) is 0 Å². The number of hydrogen-bond acceptors (Lipinski definition) is 12. The van der Waals surface area contributed by atoms with Gasteiger partial charge in [0, 0.05) is 0 Å². The van der Waals surface area contributed by atoms with Crippen LogP contribution in [0.25, 0.3) is 0 Å². The number of nitrogens with one attached hydrogen (secondary N) is 2. The maximum Gasteiger partial charge on any atom is 0.344 e. The number of methoxy groups -OCH3 is 2. The number of carbonyl (C=O) groups excluding carboxylic acids is 4. The van der Waals surface area contributed by atoms with Crippen LogP contribution in [0.15, 0.2) is 46.6 Å². The molecule has 14 heteroatoms. The van der Waals surface area contributed by atoms with E-state index in [9.17, 15) is 19.2 Å². The van der Waals surface area contributed by atoms with Crippen molar-refractivity contribution in [3.63, 3.8) is 0 Å². The Morgan fingerprint density at radius 1 is 0.675 bits per heavy atom. The zero-order valence-corrected chi connectivity index (χ0v) is 22.4. The summed E-state index contributed by atoms with van der Waals surface area (Å²) < 4.78 is 30.8. The van der Waals surface area contributed by atoms with Crippen LogP contribution >= 0.6 is 0 Å². The van der Waals surface area contributed by atoms with Crippen LogP contribution in [0.4, 0.5) is 0 Å². The van der Waals surface area contributed by atoms with Crippen molar-refractivity contribution >= 4 is 36.2 Å². The Labute approximate surface area is 230 Å². The summed E-state index contributed by atoms with van der Waals surface area (Å²) in [5, 5.41) is 7.47. The van der Waals surface area contributed by atoms with Crippen LogP contribution in [-0.4, -0.2) is 76.8 Å². The van der Waals surface area contributed by atoms with Gasteiger partial charge in [-0.3, -0.25) is 9.59 Å². The highest BCUT2D eigenvalue weighted by atomic mass is 16.6. The number of nitrogens with zero attached hydrogens (tertiary/aromatic N) is 2. The maximum atomic E-state index is 12.0. The molecule has 0 saturated heterocycles. The van der Waals surface area contributed by atoms with Crippen LogP contribution < -0.4 is 29.8 Å². The van der Waals surface area contributed by atoms with Gasteiger partial charge in [0.25, 0.3) is 0 Å². The third-order valence-corrected chi connectivity index (χ3v) is 4.64. The van der Waals surface area contributed by atoms with E-state index >= 15 is 0 Å². The molecule has 0 atom stereocenters. The second-order valence-corrected chi connectivity index (χ2v) is 7.41. The fourth-order valence-corrected chi connectivity index (χ4v) is 2.88. The van der Waals surface area contributed by atoms with Crippen LogP contribution in [0.2, 0.25) is 0 Å². The van der Waals surface area contributed by atoms with Crippen molar-refractivity contribution in [2.75, 3.05) is 40.6 Å². The second-order valence-electron chi connectivity index (χ2n) is 7.41. The van der Waals surface area contributed by atoms with Crippen LogP contribution in [0, 0.1) is 0 Å². The van der Waals surface area contributed by atoms with E-state index in [2.05, 4.69) is 21.1 Å². The second kappa shape index (κ2) is 16.7. The molecule has 0 fully saturated rings. The highest BCUT2D eigenvalue weighted by molar-refractivity contribution is 6.35. The van der Waals surface area contributed by atoms with E-state index in [1.165, 1.54) is 26.6 Å². The van der Waals surface area contributed by atoms with Gasteiger partial charge in [-0.15, -0.1) is 0 Å². The standard InChI is InChI=1S/C26H30N4O10/c1-5-37-23(31)15-39-19-9-7-17(11-21(19)35-3)13-27-29-25(33)26(34)30-28-14-18-8-10-20(22(12-18)36-4)40-16-24(32)38-6-2/h7-14H,5-6,15-16H2,1-4H3,(H,29,33)(H,30,34)/b27-13-,28-14+. The Morgan fingerprint density at radius 3 is 1.43 bits per heavy atom. The summed E-state index contributed by atoms with van der Waals surface area (Å²) in [6.45, 7) is 3.30. The van der Waals surface area contributed by atoms with Crippen molar-refractivity contribution in [3.05, 3.63) is 47.5 Å². The molecule has 2 aromatic rings. The van der Waals surface area contributed by atoms with Crippen molar-refractivity contribution in [1.29, 1.82) is 0 Å². The van der Waals surface area contributed by atoms with Gasteiger partial charge in [0.1, 0.15) is 0 Å². The molecule has 40 heavy (non-hydrogen) atoms. The molecule has 0 saturated carbocycles. The highest BCUT2D eigenvalue weighted by Crippen LogP contribution is 2.28. The molecule has 0 aromatic heterocycles. The minimum atomic E-state index is -1.06. The van der Waals surface area contributed by atoms with E-state index < -0.39 is 23.8 Å². The molecule has 0 bridgehead atoms. The lowest BCUT2D eigenvalue weighted by Gasteiger charge is -2.10.